The SMILES string of the molecule is CCCOc1ccc(-c2nc3s/c(=C/c4ccccc4[N+](=O)[O-])c(=O)n3n2)cc1. The number of nitrogens with zero attached hydrogens (tertiary/aromatic N) is 4. The third-order valence-corrected chi connectivity index (χ3v) is 5.15. The first-order valence-electron chi connectivity index (χ1n) is 8.95. The lowest BCUT2D eigenvalue weighted by molar-refractivity contribution is -0.385. The average Bonchev–Trinajstić information content (AvgIpc) is 3.27. The van der Waals surface area contributed by atoms with E-state index in [1.807, 2.05) is 31.2 Å². The van der Waals surface area contributed by atoms with Crippen LogP contribution in [0.4, 0.5) is 5.69 Å². The van der Waals surface area contributed by atoms with Gasteiger partial charge < -0.3 is 4.74 Å². The number of thiazole rings is 1. The Morgan fingerprint density at radius 2 is 1.97 bits per heavy atom. The molecule has 0 aliphatic carbocycles. The van der Waals surface area contributed by atoms with Gasteiger partial charge in [0.2, 0.25) is 4.96 Å². The molecular weight excluding hydrogens is 392 g/mol. The largest absolute Gasteiger partial charge is 0.494 e. The predicted octanol–water partition coefficient (Wildman–Crippen LogP) is 3.06. The Bertz CT molecular complexity index is 1290. The van der Waals surface area contributed by atoms with Crippen molar-refractivity contribution in [2.24, 2.45) is 0 Å². The highest BCUT2D eigenvalue weighted by Crippen LogP contribution is 2.21. The molecule has 4 rings (SSSR count). The van der Waals surface area contributed by atoms with Crippen LogP contribution in [0.5, 0.6) is 5.75 Å². The highest BCUT2D eigenvalue weighted by atomic mass is 32.1. The molecule has 0 amide bonds. The number of rotatable bonds is 6. The van der Waals surface area contributed by atoms with Crippen LogP contribution in [0.1, 0.15) is 18.9 Å². The lowest BCUT2D eigenvalue weighted by atomic mass is 10.2. The Balaban J connectivity index is 1.70. The molecule has 2 aromatic carbocycles. The fourth-order valence-corrected chi connectivity index (χ4v) is 3.69. The van der Waals surface area contributed by atoms with E-state index >= 15 is 0 Å². The van der Waals surface area contributed by atoms with E-state index in [1.54, 1.807) is 18.2 Å². The maximum atomic E-state index is 12.7. The van der Waals surface area contributed by atoms with Crippen LogP contribution in [-0.2, 0) is 0 Å². The molecule has 0 bridgehead atoms. The molecule has 2 heterocycles. The van der Waals surface area contributed by atoms with Crippen molar-refractivity contribution in [3.63, 3.8) is 0 Å². The van der Waals surface area contributed by atoms with Gasteiger partial charge in [-0.15, -0.1) is 5.10 Å². The Morgan fingerprint density at radius 3 is 2.66 bits per heavy atom. The van der Waals surface area contributed by atoms with Crippen LogP contribution in [0.15, 0.2) is 53.3 Å². The van der Waals surface area contributed by atoms with Crippen LogP contribution < -0.4 is 14.8 Å². The van der Waals surface area contributed by atoms with Gasteiger partial charge in [-0.1, -0.05) is 30.4 Å². The molecule has 2 aromatic heterocycles. The molecule has 4 aromatic rings. The molecule has 0 aliphatic rings. The van der Waals surface area contributed by atoms with Crippen LogP contribution in [-0.4, -0.2) is 26.1 Å². The van der Waals surface area contributed by atoms with Gasteiger partial charge >= 0.3 is 0 Å². The smallest absolute Gasteiger partial charge is 0.291 e. The van der Waals surface area contributed by atoms with E-state index in [9.17, 15) is 14.9 Å². The van der Waals surface area contributed by atoms with E-state index in [1.165, 1.54) is 16.7 Å². The summed E-state index contributed by atoms with van der Waals surface area (Å²) < 4.78 is 7.12. The number of hydrogen-bond acceptors (Lipinski definition) is 7. The van der Waals surface area contributed by atoms with E-state index in [-0.39, 0.29) is 11.2 Å². The third-order valence-electron chi connectivity index (χ3n) is 4.19. The zero-order valence-electron chi connectivity index (χ0n) is 15.4. The molecule has 0 radical (unpaired) electrons. The molecule has 0 unspecified atom stereocenters. The van der Waals surface area contributed by atoms with Gasteiger partial charge in [0.25, 0.3) is 11.2 Å². The molecule has 146 valence electrons. The second-order valence-corrected chi connectivity index (χ2v) is 7.24. The van der Waals surface area contributed by atoms with Crippen molar-refractivity contribution in [1.29, 1.82) is 0 Å². The summed E-state index contributed by atoms with van der Waals surface area (Å²) in [6, 6.07) is 13.6. The van der Waals surface area contributed by atoms with Gasteiger partial charge in [0.05, 0.1) is 21.6 Å². The molecule has 0 spiro atoms. The van der Waals surface area contributed by atoms with Gasteiger partial charge in [0, 0.05) is 11.6 Å². The molecule has 0 saturated heterocycles. The zero-order valence-corrected chi connectivity index (χ0v) is 16.3. The molecule has 0 fully saturated rings. The van der Waals surface area contributed by atoms with Crippen molar-refractivity contribution in [2.75, 3.05) is 6.61 Å². The summed E-state index contributed by atoms with van der Waals surface area (Å²) in [7, 11) is 0. The second kappa shape index (κ2) is 7.80. The summed E-state index contributed by atoms with van der Waals surface area (Å²) in [6.45, 7) is 2.69. The van der Waals surface area contributed by atoms with Crippen LogP contribution in [0.2, 0.25) is 0 Å². The minimum absolute atomic E-state index is 0.0584. The van der Waals surface area contributed by atoms with E-state index in [2.05, 4.69) is 10.1 Å². The standard InChI is InChI=1S/C20H16N4O4S/c1-2-11-28-15-9-7-13(8-10-15)18-21-20-23(22-18)19(25)17(29-20)12-14-5-3-4-6-16(14)24(26)27/h3-10,12H,2,11H2,1H3/b17-12+. The summed E-state index contributed by atoms with van der Waals surface area (Å²) in [5.41, 5.74) is 0.720. The number of hydrogen-bond donors (Lipinski definition) is 0. The minimum Gasteiger partial charge on any atom is -0.494 e. The Hall–Kier alpha value is -3.59. The Labute approximate surface area is 168 Å². The summed E-state index contributed by atoms with van der Waals surface area (Å²) in [5.74, 6) is 1.20. The Kier molecular flexibility index (Phi) is 5.05. The van der Waals surface area contributed by atoms with Gasteiger partial charge in [-0.05, 0) is 42.8 Å². The molecule has 9 heteroatoms. The quantitative estimate of drug-likeness (QED) is 0.359. The molecule has 0 aliphatic heterocycles. The van der Waals surface area contributed by atoms with Crippen molar-refractivity contribution < 1.29 is 9.66 Å². The highest BCUT2D eigenvalue weighted by Gasteiger charge is 2.14. The summed E-state index contributed by atoms with van der Waals surface area (Å²) in [6.07, 6.45) is 2.43. The van der Waals surface area contributed by atoms with Gasteiger partial charge in [0.1, 0.15) is 5.75 Å². The number of aromatic nitrogens is 3. The molecular formula is C20H16N4O4S. The van der Waals surface area contributed by atoms with E-state index < -0.39 is 4.92 Å². The molecule has 8 nitrogen and oxygen atoms in total. The molecule has 0 N–H and O–H groups in total. The van der Waals surface area contributed by atoms with Crippen LogP contribution in [0, 0.1) is 10.1 Å². The average molecular weight is 408 g/mol. The first-order chi connectivity index (χ1) is 14.1. The summed E-state index contributed by atoms with van der Waals surface area (Å²) >= 11 is 1.14. The minimum atomic E-state index is -0.473. The maximum absolute atomic E-state index is 12.7. The van der Waals surface area contributed by atoms with Gasteiger partial charge in [-0.2, -0.15) is 9.50 Å². The predicted molar refractivity (Wildman–Crippen MR) is 110 cm³/mol. The lowest BCUT2D eigenvalue weighted by Gasteiger charge is -2.04. The normalized spacial score (nSPS) is 11.8. The molecule has 29 heavy (non-hydrogen) atoms. The zero-order chi connectivity index (χ0) is 20.4. The second-order valence-electron chi connectivity index (χ2n) is 6.23. The highest BCUT2D eigenvalue weighted by molar-refractivity contribution is 7.15. The monoisotopic (exact) mass is 408 g/mol. The van der Waals surface area contributed by atoms with Crippen LogP contribution in [0.3, 0.4) is 0 Å². The number of para-hydroxylation sites is 1. The van der Waals surface area contributed by atoms with Crippen molar-refractivity contribution in [1.82, 2.24) is 14.6 Å². The van der Waals surface area contributed by atoms with Gasteiger partial charge in [-0.3, -0.25) is 14.9 Å². The number of ether oxygens (including phenoxy) is 1. The number of nitro groups is 1. The van der Waals surface area contributed by atoms with Crippen molar-refractivity contribution >= 4 is 28.1 Å². The van der Waals surface area contributed by atoms with E-state index in [0.29, 0.717) is 27.5 Å². The molecule has 0 atom stereocenters. The number of fused-ring (bicyclic) bond motifs is 1. The van der Waals surface area contributed by atoms with Gasteiger partial charge in [0.15, 0.2) is 5.82 Å². The third kappa shape index (κ3) is 3.72. The number of nitro benzene ring substituents is 1. The fourth-order valence-electron chi connectivity index (χ4n) is 2.79. The van der Waals surface area contributed by atoms with Crippen molar-refractivity contribution in [3.8, 4) is 17.1 Å². The lowest BCUT2D eigenvalue weighted by Crippen LogP contribution is -2.23. The van der Waals surface area contributed by atoms with Gasteiger partial charge in [-0.25, -0.2) is 0 Å². The first-order valence-corrected chi connectivity index (χ1v) is 9.76. The number of benzene rings is 2. The summed E-state index contributed by atoms with van der Waals surface area (Å²) in [5, 5.41) is 15.5. The summed E-state index contributed by atoms with van der Waals surface area (Å²) in [4.78, 5) is 28.2. The Morgan fingerprint density at radius 1 is 1.21 bits per heavy atom. The van der Waals surface area contributed by atoms with Crippen molar-refractivity contribution in [3.05, 3.63) is 79.1 Å². The maximum Gasteiger partial charge on any atom is 0.291 e. The topological polar surface area (TPSA) is 99.6 Å². The first kappa shape index (κ1) is 18.8. The fraction of sp³-hybridized carbons (Fsp3) is 0.150. The van der Waals surface area contributed by atoms with Crippen LogP contribution in [0.25, 0.3) is 22.4 Å². The van der Waals surface area contributed by atoms with E-state index in [0.717, 1.165) is 29.1 Å². The van der Waals surface area contributed by atoms with Crippen LogP contribution >= 0.6 is 11.3 Å². The van der Waals surface area contributed by atoms with E-state index in [4.69, 9.17) is 4.74 Å². The van der Waals surface area contributed by atoms with Crippen molar-refractivity contribution in [2.45, 2.75) is 13.3 Å². The molecule has 0 saturated carbocycles.